The molecular formula is C28H37N3O3. The molecule has 34 heavy (non-hydrogen) atoms. The van der Waals surface area contributed by atoms with Crippen molar-refractivity contribution in [2.24, 2.45) is 5.92 Å². The fourth-order valence-corrected chi connectivity index (χ4v) is 6.21. The molecule has 182 valence electrons. The number of hydrogen-bond donors (Lipinski definition) is 1. The van der Waals surface area contributed by atoms with Crippen LogP contribution in [0.1, 0.15) is 111 Å². The van der Waals surface area contributed by atoms with Gasteiger partial charge < -0.3 is 10.0 Å². The van der Waals surface area contributed by atoms with Crippen molar-refractivity contribution in [3.05, 3.63) is 47.3 Å². The van der Waals surface area contributed by atoms with Crippen LogP contribution >= 0.6 is 0 Å². The van der Waals surface area contributed by atoms with Gasteiger partial charge >= 0.3 is 5.97 Å². The van der Waals surface area contributed by atoms with E-state index in [1.54, 1.807) is 0 Å². The number of carbonyl (C=O) groups is 2. The van der Waals surface area contributed by atoms with Crippen molar-refractivity contribution in [1.82, 2.24) is 14.7 Å². The quantitative estimate of drug-likeness (QED) is 0.529. The number of likely N-dealkylation sites (tertiary alicyclic amines) is 1. The van der Waals surface area contributed by atoms with Crippen LogP contribution in [0.3, 0.4) is 0 Å². The maximum Gasteiger partial charge on any atom is 0.339 e. The summed E-state index contributed by atoms with van der Waals surface area (Å²) in [4.78, 5) is 27.4. The van der Waals surface area contributed by atoms with Gasteiger partial charge in [0.15, 0.2) is 0 Å². The van der Waals surface area contributed by atoms with Gasteiger partial charge in [-0.05, 0) is 75.0 Å². The molecule has 1 N–H and O–H groups in total. The fourth-order valence-electron chi connectivity index (χ4n) is 6.21. The molecule has 1 aromatic carbocycles. The molecule has 6 heteroatoms. The number of aromatic carboxylic acids is 1. The molecule has 1 aromatic heterocycles. The Hall–Kier alpha value is -2.63. The summed E-state index contributed by atoms with van der Waals surface area (Å²) in [7, 11) is 0. The van der Waals surface area contributed by atoms with E-state index in [-0.39, 0.29) is 11.8 Å². The molecule has 5 rings (SSSR count). The standard InChI is InChI=1S/C28H37N3O3/c1-2-3-10-23-12-6-15-30(23)27(32)22-9-4-7-20(16-22)21-8-5-11-24(17-21)31-26(19-13-14-19)25(18-29-31)28(33)34/h5,8,11,17-20,22-23H,2-4,6-7,9-10,12-16H2,1H3,(H,33,34). The summed E-state index contributed by atoms with van der Waals surface area (Å²) in [5, 5.41) is 14.1. The van der Waals surface area contributed by atoms with Crippen molar-refractivity contribution in [2.45, 2.75) is 95.4 Å². The van der Waals surface area contributed by atoms with Crippen molar-refractivity contribution >= 4 is 11.9 Å². The van der Waals surface area contributed by atoms with E-state index in [1.165, 1.54) is 24.6 Å². The van der Waals surface area contributed by atoms with Crippen LogP contribution in [-0.4, -0.2) is 44.3 Å². The molecular weight excluding hydrogens is 426 g/mol. The number of amides is 1. The Balaban J connectivity index is 1.33. The van der Waals surface area contributed by atoms with Gasteiger partial charge in [0.1, 0.15) is 5.56 Å². The van der Waals surface area contributed by atoms with Crippen LogP contribution in [0.25, 0.3) is 5.69 Å². The Bertz CT molecular complexity index is 1040. The molecule has 3 atom stereocenters. The maximum atomic E-state index is 13.5. The van der Waals surface area contributed by atoms with E-state index in [0.717, 1.165) is 75.7 Å². The first kappa shape index (κ1) is 23.1. The summed E-state index contributed by atoms with van der Waals surface area (Å²) in [6, 6.07) is 8.85. The van der Waals surface area contributed by atoms with E-state index in [2.05, 4.69) is 35.1 Å². The molecule has 2 saturated carbocycles. The molecule has 3 aliphatic rings. The van der Waals surface area contributed by atoms with Gasteiger partial charge in [0.25, 0.3) is 0 Å². The van der Waals surface area contributed by atoms with E-state index < -0.39 is 5.97 Å². The van der Waals surface area contributed by atoms with E-state index in [9.17, 15) is 14.7 Å². The number of carboxylic acids is 1. The van der Waals surface area contributed by atoms with Crippen molar-refractivity contribution in [2.75, 3.05) is 6.54 Å². The second-order valence-corrected chi connectivity index (χ2v) is 10.6. The summed E-state index contributed by atoms with van der Waals surface area (Å²) in [6.07, 6.45) is 13.5. The zero-order valence-electron chi connectivity index (χ0n) is 20.3. The van der Waals surface area contributed by atoms with E-state index in [4.69, 9.17) is 0 Å². The van der Waals surface area contributed by atoms with Crippen molar-refractivity contribution < 1.29 is 14.7 Å². The summed E-state index contributed by atoms with van der Waals surface area (Å²) in [5.41, 5.74) is 3.32. The Labute approximate surface area is 202 Å². The van der Waals surface area contributed by atoms with Gasteiger partial charge in [-0.15, -0.1) is 0 Å². The maximum absolute atomic E-state index is 13.5. The third kappa shape index (κ3) is 4.64. The summed E-state index contributed by atoms with van der Waals surface area (Å²) in [6.45, 7) is 3.15. The normalized spacial score (nSPS) is 25.0. The zero-order valence-corrected chi connectivity index (χ0v) is 20.3. The minimum atomic E-state index is -0.905. The molecule has 6 nitrogen and oxygen atoms in total. The molecule has 1 saturated heterocycles. The summed E-state index contributed by atoms with van der Waals surface area (Å²) < 4.78 is 1.83. The second-order valence-electron chi connectivity index (χ2n) is 10.6. The third-order valence-electron chi connectivity index (χ3n) is 8.16. The Morgan fingerprint density at radius 1 is 1.09 bits per heavy atom. The first-order valence-corrected chi connectivity index (χ1v) is 13.3. The number of aromatic nitrogens is 2. The first-order valence-electron chi connectivity index (χ1n) is 13.3. The van der Waals surface area contributed by atoms with Gasteiger partial charge in [-0.3, -0.25) is 4.79 Å². The molecule has 0 bridgehead atoms. The van der Waals surface area contributed by atoms with Crippen LogP contribution < -0.4 is 0 Å². The average molecular weight is 464 g/mol. The second kappa shape index (κ2) is 9.93. The van der Waals surface area contributed by atoms with Gasteiger partial charge in [0.05, 0.1) is 17.6 Å². The smallest absolute Gasteiger partial charge is 0.339 e. The molecule has 2 heterocycles. The van der Waals surface area contributed by atoms with Crippen LogP contribution in [0.2, 0.25) is 0 Å². The lowest BCUT2D eigenvalue weighted by molar-refractivity contribution is -0.137. The van der Waals surface area contributed by atoms with Gasteiger partial charge in [-0.25, -0.2) is 9.48 Å². The predicted molar refractivity (Wildman–Crippen MR) is 131 cm³/mol. The molecule has 0 radical (unpaired) electrons. The molecule has 0 spiro atoms. The number of carboxylic acid groups (broad SMARTS) is 1. The van der Waals surface area contributed by atoms with Crippen LogP contribution in [0.5, 0.6) is 0 Å². The van der Waals surface area contributed by atoms with Crippen LogP contribution in [-0.2, 0) is 4.79 Å². The number of carbonyl (C=O) groups excluding carboxylic acids is 1. The Kier molecular flexibility index (Phi) is 6.75. The number of nitrogens with zero attached hydrogens (tertiary/aromatic N) is 3. The lowest BCUT2D eigenvalue weighted by atomic mass is 9.77. The SMILES string of the molecule is CCCCC1CCCN1C(=O)C1CCCC(c2cccc(-n3ncc(C(=O)O)c3C3CC3)c2)C1. The highest BCUT2D eigenvalue weighted by Gasteiger charge is 2.36. The monoisotopic (exact) mass is 463 g/mol. The largest absolute Gasteiger partial charge is 0.478 e. The van der Waals surface area contributed by atoms with Crippen LogP contribution in [0.15, 0.2) is 30.5 Å². The number of rotatable bonds is 8. The predicted octanol–water partition coefficient (Wildman–Crippen LogP) is 5.90. The molecule has 2 aliphatic carbocycles. The van der Waals surface area contributed by atoms with Crippen molar-refractivity contribution in [3.63, 3.8) is 0 Å². The molecule has 1 amide bonds. The molecule has 3 fully saturated rings. The molecule has 1 aliphatic heterocycles. The highest BCUT2D eigenvalue weighted by Crippen LogP contribution is 2.43. The van der Waals surface area contributed by atoms with E-state index in [0.29, 0.717) is 23.4 Å². The molecule has 3 unspecified atom stereocenters. The number of hydrogen-bond acceptors (Lipinski definition) is 3. The van der Waals surface area contributed by atoms with Crippen molar-refractivity contribution in [1.29, 1.82) is 0 Å². The van der Waals surface area contributed by atoms with Gasteiger partial charge in [-0.1, -0.05) is 38.3 Å². The topological polar surface area (TPSA) is 75.4 Å². The number of unbranched alkanes of at least 4 members (excludes halogenated alkanes) is 1. The highest BCUT2D eigenvalue weighted by molar-refractivity contribution is 5.89. The lowest BCUT2D eigenvalue weighted by Crippen LogP contribution is -2.41. The molecule has 2 aromatic rings. The van der Waals surface area contributed by atoms with E-state index in [1.807, 2.05) is 10.7 Å². The van der Waals surface area contributed by atoms with Gasteiger partial charge in [-0.2, -0.15) is 5.10 Å². The Morgan fingerprint density at radius 3 is 2.71 bits per heavy atom. The fraction of sp³-hybridized carbons (Fsp3) is 0.607. The van der Waals surface area contributed by atoms with Crippen LogP contribution in [0, 0.1) is 5.92 Å². The third-order valence-corrected chi connectivity index (χ3v) is 8.16. The summed E-state index contributed by atoms with van der Waals surface area (Å²) in [5.74, 6) is 0.244. The van der Waals surface area contributed by atoms with E-state index >= 15 is 0 Å². The van der Waals surface area contributed by atoms with Crippen LogP contribution in [0.4, 0.5) is 0 Å². The minimum absolute atomic E-state index is 0.120. The highest BCUT2D eigenvalue weighted by atomic mass is 16.4. The average Bonchev–Trinajstić information content (AvgIpc) is 3.42. The van der Waals surface area contributed by atoms with Gasteiger partial charge in [0, 0.05) is 24.4 Å². The van der Waals surface area contributed by atoms with Crippen molar-refractivity contribution in [3.8, 4) is 5.69 Å². The zero-order chi connectivity index (χ0) is 23.7. The lowest BCUT2D eigenvalue weighted by Gasteiger charge is -2.34. The minimum Gasteiger partial charge on any atom is -0.478 e. The Morgan fingerprint density at radius 2 is 1.94 bits per heavy atom. The number of benzene rings is 1. The summed E-state index contributed by atoms with van der Waals surface area (Å²) >= 11 is 0. The first-order chi connectivity index (χ1) is 16.6. The van der Waals surface area contributed by atoms with Gasteiger partial charge in [0.2, 0.25) is 5.91 Å².